The molecule has 4 rings (SSSR count). The summed E-state index contributed by atoms with van der Waals surface area (Å²) in [7, 11) is 0. The first-order chi connectivity index (χ1) is 16.1. The molecule has 0 spiro atoms. The van der Waals surface area contributed by atoms with Crippen molar-refractivity contribution in [3.63, 3.8) is 0 Å². The molecule has 0 N–H and O–H groups in total. The third-order valence-electron chi connectivity index (χ3n) is 6.19. The SMILES string of the molecule is CCOC(=O)CCCCCN1CCN(Cc2cc3nc(Cl)nc(N4CCOCC4)c3s2)CC1. The van der Waals surface area contributed by atoms with Gasteiger partial charge in [-0.2, -0.15) is 4.98 Å². The second-order valence-corrected chi connectivity index (χ2v) is 10.1. The van der Waals surface area contributed by atoms with Crippen molar-refractivity contribution in [3.05, 3.63) is 16.2 Å². The van der Waals surface area contributed by atoms with Gasteiger partial charge < -0.3 is 19.3 Å². The standard InChI is InChI=1S/C23H34ClN5O3S/c1-2-32-20(30)6-4-3-5-7-27-8-10-28(11-9-27)17-18-16-19-21(33-18)22(26-23(24)25-19)29-12-14-31-15-13-29/h16H,2-15,17H2,1H3. The van der Waals surface area contributed by atoms with E-state index in [1.807, 2.05) is 6.92 Å². The summed E-state index contributed by atoms with van der Waals surface area (Å²) in [5.41, 5.74) is 0.943. The number of unbranched alkanes of at least 4 members (excludes halogenated alkanes) is 2. The Morgan fingerprint density at radius 2 is 1.85 bits per heavy atom. The van der Waals surface area contributed by atoms with Crippen LogP contribution in [0.1, 0.15) is 37.5 Å². The molecular formula is C23H34ClN5O3S. The van der Waals surface area contributed by atoms with E-state index < -0.39 is 0 Å². The van der Waals surface area contributed by atoms with Gasteiger partial charge in [0.15, 0.2) is 5.82 Å². The number of carbonyl (C=O) groups excluding carboxylic acids is 1. The van der Waals surface area contributed by atoms with Crippen LogP contribution < -0.4 is 4.90 Å². The number of aromatic nitrogens is 2. The Morgan fingerprint density at radius 3 is 2.61 bits per heavy atom. The number of carbonyl (C=O) groups is 1. The first-order valence-electron chi connectivity index (χ1n) is 12.0. The zero-order valence-electron chi connectivity index (χ0n) is 19.4. The number of fused-ring (bicyclic) bond motifs is 1. The molecule has 2 aromatic rings. The average Bonchev–Trinajstić information content (AvgIpc) is 3.22. The van der Waals surface area contributed by atoms with Crippen LogP contribution in [-0.2, 0) is 20.8 Å². The Hall–Kier alpha value is -1.52. The first kappa shape index (κ1) is 24.6. The number of hydrogen-bond donors (Lipinski definition) is 0. The summed E-state index contributed by atoms with van der Waals surface area (Å²) in [6, 6.07) is 2.17. The Morgan fingerprint density at radius 1 is 1.09 bits per heavy atom. The summed E-state index contributed by atoms with van der Waals surface area (Å²) < 4.78 is 11.6. The topological polar surface area (TPSA) is 71.0 Å². The number of rotatable bonds is 10. The minimum atomic E-state index is -0.0716. The highest BCUT2D eigenvalue weighted by molar-refractivity contribution is 7.19. The van der Waals surface area contributed by atoms with Crippen LogP contribution >= 0.6 is 22.9 Å². The smallest absolute Gasteiger partial charge is 0.305 e. The van der Waals surface area contributed by atoms with Gasteiger partial charge in [0.2, 0.25) is 5.28 Å². The molecule has 2 fully saturated rings. The second kappa shape index (κ2) is 12.3. The summed E-state index contributed by atoms with van der Waals surface area (Å²) in [5.74, 6) is 0.870. The third kappa shape index (κ3) is 6.99. The Bertz CT molecular complexity index is 913. The maximum Gasteiger partial charge on any atom is 0.305 e. The van der Waals surface area contributed by atoms with E-state index in [1.54, 1.807) is 11.3 Å². The van der Waals surface area contributed by atoms with Crippen molar-refractivity contribution in [1.82, 2.24) is 19.8 Å². The van der Waals surface area contributed by atoms with E-state index in [0.29, 0.717) is 18.3 Å². The Balaban J connectivity index is 1.24. The highest BCUT2D eigenvalue weighted by Crippen LogP contribution is 2.34. The van der Waals surface area contributed by atoms with Gasteiger partial charge in [0.05, 0.1) is 30.0 Å². The van der Waals surface area contributed by atoms with E-state index >= 15 is 0 Å². The van der Waals surface area contributed by atoms with Crippen LogP contribution in [0, 0.1) is 0 Å². The minimum Gasteiger partial charge on any atom is -0.466 e. The van der Waals surface area contributed by atoms with E-state index in [-0.39, 0.29) is 5.97 Å². The van der Waals surface area contributed by atoms with E-state index in [9.17, 15) is 4.79 Å². The summed E-state index contributed by atoms with van der Waals surface area (Å²) in [6.45, 7) is 11.8. The molecule has 0 radical (unpaired) electrons. The van der Waals surface area contributed by atoms with Crippen molar-refractivity contribution in [3.8, 4) is 0 Å². The van der Waals surface area contributed by atoms with Crippen molar-refractivity contribution in [2.75, 3.05) is 70.5 Å². The largest absolute Gasteiger partial charge is 0.466 e. The number of ether oxygens (including phenoxy) is 2. The van der Waals surface area contributed by atoms with Gasteiger partial charge in [0.1, 0.15) is 0 Å². The number of anilines is 1. The maximum atomic E-state index is 11.4. The molecule has 0 saturated carbocycles. The van der Waals surface area contributed by atoms with E-state index in [0.717, 1.165) is 101 Å². The molecule has 0 atom stereocenters. The minimum absolute atomic E-state index is 0.0716. The van der Waals surface area contributed by atoms with Crippen LogP contribution in [0.15, 0.2) is 6.07 Å². The molecule has 0 aromatic carbocycles. The number of morpholine rings is 1. The number of hydrogen-bond acceptors (Lipinski definition) is 9. The normalized spacial score (nSPS) is 18.2. The number of thiophene rings is 1. The number of halogens is 1. The zero-order chi connectivity index (χ0) is 23.0. The molecule has 10 heteroatoms. The maximum absolute atomic E-state index is 11.4. The van der Waals surface area contributed by atoms with E-state index in [2.05, 4.69) is 30.7 Å². The Labute approximate surface area is 204 Å². The predicted octanol–water partition coefficient (Wildman–Crippen LogP) is 3.42. The molecule has 0 bridgehead atoms. The highest BCUT2D eigenvalue weighted by atomic mass is 35.5. The molecular weight excluding hydrogens is 462 g/mol. The first-order valence-corrected chi connectivity index (χ1v) is 13.2. The van der Waals surface area contributed by atoms with Crippen LogP contribution in [-0.4, -0.2) is 91.4 Å². The van der Waals surface area contributed by atoms with Gasteiger partial charge in [0, 0.05) is 57.1 Å². The predicted molar refractivity (Wildman–Crippen MR) is 132 cm³/mol. The summed E-state index contributed by atoms with van der Waals surface area (Å²) in [6.07, 6.45) is 3.68. The molecule has 0 amide bonds. The summed E-state index contributed by atoms with van der Waals surface area (Å²) in [5, 5.41) is 0.309. The van der Waals surface area contributed by atoms with Gasteiger partial charge in [-0.3, -0.25) is 9.69 Å². The van der Waals surface area contributed by atoms with Crippen LogP contribution in [0.25, 0.3) is 10.2 Å². The quantitative estimate of drug-likeness (QED) is 0.282. The molecule has 2 aromatic heterocycles. The number of piperazine rings is 1. The third-order valence-corrected chi connectivity index (χ3v) is 7.47. The molecule has 33 heavy (non-hydrogen) atoms. The average molecular weight is 496 g/mol. The van der Waals surface area contributed by atoms with E-state index in [4.69, 9.17) is 21.1 Å². The highest BCUT2D eigenvalue weighted by Gasteiger charge is 2.21. The Kier molecular flexibility index (Phi) is 9.14. The van der Waals surface area contributed by atoms with Gasteiger partial charge in [-0.05, 0) is 44.0 Å². The molecule has 0 unspecified atom stereocenters. The molecule has 2 saturated heterocycles. The summed E-state index contributed by atoms with van der Waals surface area (Å²) in [4.78, 5) is 29.0. The van der Waals surface area contributed by atoms with Crippen molar-refractivity contribution >= 4 is 44.9 Å². The van der Waals surface area contributed by atoms with Crippen LogP contribution in [0.4, 0.5) is 5.82 Å². The monoisotopic (exact) mass is 495 g/mol. The van der Waals surface area contributed by atoms with Crippen molar-refractivity contribution in [2.45, 2.75) is 39.2 Å². The molecule has 4 heterocycles. The summed E-state index contributed by atoms with van der Waals surface area (Å²) >= 11 is 8.02. The lowest BCUT2D eigenvalue weighted by molar-refractivity contribution is -0.143. The molecule has 182 valence electrons. The fourth-order valence-electron chi connectivity index (χ4n) is 4.41. The van der Waals surface area contributed by atoms with Gasteiger partial charge in [-0.1, -0.05) is 6.42 Å². The molecule has 8 nitrogen and oxygen atoms in total. The van der Waals surface area contributed by atoms with Crippen molar-refractivity contribution in [1.29, 1.82) is 0 Å². The van der Waals surface area contributed by atoms with Crippen LogP contribution in [0.5, 0.6) is 0 Å². The van der Waals surface area contributed by atoms with Gasteiger partial charge in [-0.15, -0.1) is 11.3 Å². The molecule has 0 aliphatic carbocycles. The van der Waals surface area contributed by atoms with Crippen molar-refractivity contribution in [2.24, 2.45) is 0 Å². The number of esters is 1. The lowest BCUT2D eigenvalue weighted by Crippen LogP contribution is -2.45. The molecule has 2 aliphatic rings. The van der Waals surface area contributed by atoms with Gasteiger partial charge >= 0.3 is 5.97 Å². The number of nitrogens with zero attached hydrogens (tertiary/aromatic N) is 5. The van der Waals surface area contributed by atoms with Gasteiger partial charge in [-0.25, -0.2) is 4.98 Å². The van der Waals surface area contributed by atoms with Crippen LogP contribution in [0.3, 0.4) is 0 Å². The zero-order valence-corrected chi connectivity index (χ0v) is 21.0. The fourth-order valence-corrected chi connectivity index (χ4v) is 5.74. The van der Waals surface area contributed by atoms with Gasteiger partial charge in [0.25, 0.3) is 0 Å². The van der Waals surface area contributed by atoms with E-state index in [1.165, 1.54) is 4.88 Å². The van der Waals surface area contributed by atoms with Crippen molar-refractivity contribution < 1.29 is 14.3 Å². The van der Waals surface area contributed by atoms with Crippen LogP contribution in [0.2, 0.25) is 5.28 Å². The fraction of sp³-hybridized carbons (Fsp3) is 0.696. The second-order valence-electron chi connectivity index (χ2n) is 8.58. The lowest BCUT2D eigenvalue weighted by atomic mass is 10.2. The molecule has 2 aliphatic heterocycles. The lowest BCUT2D eigenvalue weighted by Gasteiger charge is -2.34.